The van der Waals surface area contributed by atoms with Crippen LogP contribution in [-0.2, 0) is 0 Å². The molecule has 3 rings (SSSR count). The SMILES string of the molecule is Cc1ccc(NC(=O)c2csc(Nc3cccc(Cl)c3)n2)cc1C. The Morgan fingerprint density at radius 2 is 1.92 bits per heavy atom. The van der Waals surface area contributed by atoms with Gasteiger partial charge in [-0.15, -0.1) is 11.3 Å². The van der Waals surface area contributed by atoms with Gasteiger partial charge in [0.2, 0.25) is 0 Å². The number of aromatic nitrogens is 1. The van der Waals surface area contributed by atoms with Gasteiger partial charge in [0.15, 0.2) is 5.13 Å². The quantitative estimate of drug-likeness (QED) is 0.656. The molecule has 0 aliphatic carbocycles. The van der Waals surface area contributed by atoms with E-state index in [4.69, 9.17) is 11.6 Å². The van der Waals surface area contributed by atoms with Crippen molar-refractivity contribution in [1.29, 1.82) is 0 Å². The number of rotatable bonds is 4. The molecule has 0 saturated carbocycles. The van der Waals surface area contributed by atoms with E-state index in [1.54, 1.807) is 17.5 Å². The van der Waals surface area contributed by atoms with Crippen LogP contribution >= 0.6 is 22.9 Å². The molecule has 0 aliphatic rings. The smallest absolute Gasteiger partial charge is 0.275 e. The highest BCUT2D eigenvalue weighted by atomic mass is 35.5. The number of halogens is 1. The second kappa shape index (κ2) is 7.03. The normalized spacial score (nSPS) is 10.5. The molecule has 0 saturated heterocycles. The van der Waals surface area contributed by atoms with Crippen LogP contribution in [0.25, 0.3) is 0 Å². The molecule has 3 aromatic rings. The maximum atomic E-state index is 12.3. The molecular formula is C18H16ClN3OS. The lowest BCUT2D eigenvalue weighted by Crippen LogP contribution is -2.12. The predicted molar refractivity (Wildman–Crippen MR) is 101 cm³/mol. The van der Waals surface area contributed by atoms with E-state index in [-0.39, 0.29) is 5.91 Å². The minimum absolute atomic E-state index is 0.228. The first kappa shape index (κ1) is 16.5. The van der Waals surface area contributed by atoms with Crippen LogP contribution < -0.4 is 10.6 Å². The maximum Gasteiger partial charge on any atom is 0.275 e. The first-order valence-corrected chi connectivity index (χ1v) is 8.64. The zero-order chi connectivity index (χ0) is 17.1. The standard InChI is InChI=1S/C18H16ClN3OS/c1-11-6-7-15(8-12(11)2)20-17(23)16-10-24-18(22-16)21-14-5-3-4-13(19)9-14/h3-10H,1-2H3,(H,20,23)(H,21,22). The van der Waals surface area contributed by atoms with Crippen molar-refractivity contribution in [3.8, 4) is 0 Å². The van der Waals surface area contributed by atoms with Crippen molar-refractivity contribution in [2.24, 2.45) is 0 Å². The van der Waals surface area contributed by atoms with Gasteiger partial charge in [-0.1, -0.05) is 23.7 Å². The molecule has 2 aromatic carbocycles. The molecule has 1 amide bonds. The molecule has 0 unspecified atom stereocenters. The van der Waals surface area contributed by atoms with Crippen molar-refractivity contribution in [1.82, 2.24) is 4.98 Å². The lowest BCUT2D eigenvalue weighted by molar-refractivity contribution is 0.102. The van der Waals surface area contributed by atoms with Crippen molar-refractivity contribution in [3.05, 3.63) is 69.7 Å². The molecule has 0 aliphatic heterocycles. The molecule has 0 radical (unpaired) electrons. The van der Waals surface area contributed by atoms with Crippen LogP contribution in [0.1, 0.15) is 21.6 Å². The summed E-state index contributed by atoms with van der Waals surface area (Å²) in [5.41, 5.74) is 4.30. The van der Waals surface area contributed by atoms with Crippen molar-refractivity contribution < 1.29 is 4.79 Å². The zero-order valence-electron chi connectivity index (χ0n) is 13.3. The monoisotopic (exact) mass is 357 g/mol. The molecule has 0 bridgehead atoms. The third-order valence-corrected chi connectivity index (χ3v) is 4.57. The van der Waals surface area contributed by atoms with Gasteiger partial charge in [-0.25, -0.2) is 4.98 Å². The summed E-state index contributed by atoms with van der Waals surface area (Å²) in [4.78, 5) is 16.6. The van der Waals surface area contributed by atoms with E-state index < -0.39 is 0 Å². The Hall–Kier alpha value is -2.37. The molecule has 2 N–H and O–H groups in total. The molecule has 4 nitrogen and oxygen atoms in total. The van der Waals surface area contributed by atoms with E-state index in [1.165, 1.54) is 16.9 Å². The largest absolute Gasteiger partial charge is 0.331 e. The summed E-state index contributed by atoms with van der Waals surface area (Å²) in [5.74, 6) is -0.228. The van der Waals surface area contributed by atoms with Crippen molar-refractivity contribution in [3.63, 3.8) is 0 Å². The summed E-state index contributed by atoms with van der Waals surface area (Å²) in [6.45, 7) is 4.05. The van der Waals surface area contributed by atoms with Crippen LogP contribution in [0.3, 0.4) is 0 Å². The molecular weight excluding hydrogens is 342 g/mol. The fraction of sp³-hybridized carbons (Fsp3) is 0.111. The average molecular weight is 358 g/mol. The number of anilines is 3. The second-order valence-corrected chi connectivity index (χ2v) is 6.72. The highest BCUT2D eigenvalue weighted by Gasteiger charge is 2.11. The number of carbonyl (C=O) groups excluding carboxylic acids is 1. The number of amides is 1. The Morgan fingerprint density at radius 3 is 2.67 bits per heavy atom. The first-order chi connectivity index (χ1) is 11.5. The Kier molecular flexibility index (Phi) is 4.83. The van der Waals surface area contributed by atoms with Gasteiger partial charge in [0.25, 0.3) is 5.91 Å². The summed E-state index contributed by atoms with van der Waals surface area (Å²) in [5, 5.41) is 9.02. The van der Waals surface area contributed by atoms with E-state index in [0.717, 1.165) is 16.9 Å². The van der Waals surface area contributed by atoms with Crippen molar-refractivity contribution in [2.45, 2.75) is 13.8 Å². The number of aryl methyl sites for hydroxylation is 2. The Balaban J connectivity index is 1.70. The summed E-state index contributed by atoms with van der Waals surface area (Å²) in [6, 6.07) is 13.2. The molecule has 6 heteroatoms. The molecule has 1 heterocycles. The van der Waals surface area contributed by atoms with Gasteiger partial charge < -0.3 is 10.6 Å². The van der Waals surface area contributed by atoms with Crippen LogP contribution in [-0.4, -0.2) is 10.9 Å². The fourth-order valence-corrected chi connectivity index (χ4v) is 3.04. The molecule has 24 heavy (non-hydrogen) atoms. The third kappa shape index (κ3) is 3.93. The van der Waals surface area contributed by atoms with Crippen LogP contribution in [0.4, 0.5) is 16.5 Å². The topological polar surface area (TPSA) is 54.0 Å². The Morgan fingerprint density at radius 1 is 1.08 bits per heavy atom. The Bertz CT molecular complexity index is 891. The van der Waals surface area contributed by atoms with E-state index in [1.807, 2.05) is 44.2 Å². The summed E-state index contributed by atoms with van der Waals surface area (Å²) >= 11 is 7.33. The minimum atomic E-state index is -0.228. The molecule has 0 fully saturated rings. The summed E-state index contributed by atoms with van der Waals surface area (Å²) in [7, 11) is 0. The first-order valence-electron chi connectivity index (χ1n) is 7.38. The number of nitrogens with zero attached hydrogens (tertiary/aromatic N) is 1. The van der Waals surface area contributed by atoms with Crippen LogP contribution in [0.5, 0.6) is 0 Å². The van der Waals surface area contributed by atoms with Gasteiger partial charge in [0.1, 0.15) is 5.69 Å². The molecule has 122 valence electrons. The highest BCUT2D eigenvalue weighted by molar-refractivity contribution is 7.14. The van der Waals surface area contributed by atoms with Crippen molar-refractivity contribution in [2.75, 3.05) is 10.6 Å². The number of thiazole rings is 1. The lowest BCUT2D eigenvalue weighted by atomic mass is 10.1. The molecule has 0 atom stereocenters. The van der Waals surface area contributed by atoms with Gasteiger partial charge in [0, 0.05) is 21.8 Å². The van der Waals surface area contributed by atoms with Gasteiger partial charge in [-0.3, -0.25) is 4.79 Å². The van der Waals surface area contributed by atoms with Crippen LogP contribution in [0.2, 0.25) is 5.02 Å². The predicted octanol–water partition coefficient (Wildman–Crippen LogP) is 5.41. The lowest BCUT2D eigenvalue weighted by Gasteiger charge is -2.06. The molecule has 0 spiro atoms. The van der Waals surface area contributed by atoms with Gasteiger partial charge in [-0.05, 0) is 55.3 Å². The molecule has 1 aromatic heterocycles. The highest BCUT2D eigenvalue weighted by Crippen LogP contribution is 2.23. The van der Waals surface area contributed by atoms with Gasteiger partial charge in [0.05, 0.1) is 0 Å². The zero-order valence-corrected chi connectivity index (χ0v) is 14.8. The third-order valence-electron chi connectivity index (χ3n) is 3.58. The number of nitrogens with one attached hydrogen (secondary N) is 2. The fourth-order valence-electron chi connectivity index (χ4n) is 2.14. The van der Waals surface area contributed by atoms with E-state index in [2.05, 4.69) is 15.6 Å². The number of benzene rings is 2. The Labute approximate surface area is 149 Å². The number of carbonyl (C=O) groups is 1. The van der Waals surface area contributed by atoms with Gasteiger partial charge >= 0.3 is 0 Å². The van der Waals surface area contributed by atoms with Crippen LogP contribution in [0.15, 0.2) is 47.8 Å². The number of hydrogen-bond donors (Lipinski definition) is 2. The average Bonchev–Trinajstić information content (AvgIpc) is 2.99. The summed E-state index contributed by atoms with van der Waals surface area (Å²) in [6.07, 6.45) is 0. The van der Waals surface area contributed by atoms with Crippen molar-refractivity contribution >= 4 is 45.4 Å². The van der Waals surface area contributed by atoms with E-state index in [0.29, 0.717) is 15.8 Å². The van der Waals surface area contributed by atoms with E-state index >= 15 is 0 Å². The summed E-state index contributed by atoms with van der Waals surface area (Å²) < 4.78 is 0. The minimum Gasteiger partial charge on any atom is -0.331 e. The number of hydrogen-bond acceptors (Lipinski definition) is 4. The van der Waals surface area contributed by atoms with Crippen LogP contribution in [0, 0.1) is 13.8 Å². The van der Waals surface area contributed by atoms with E-state index in [9.17, 15) is 4.79 Å². The second-order valence-electron chi connectivity index (χ2n) is 5.43. The maximum absolute atomic E-state index is 12.3. The van der Waals surface area contributed by atoms with Gasteiger partial charge in [-0.2, -0.15) is 0 Å².